The summed E-state index contributed by atoms with van der Waals surface area (Å²) < 4.78 is 12.0. The fraction of sp³-hybridized carbons (Fsp3) is 0.600. The Hall–Kier alpha value is -0.710. The largest absolute Gasteiger partial charge is 0.394 e. The van der Waals surface area contributed by atoms with E-state index in [1.807, 2.05) is 19.1 Å². The minimum atomic E-state index is -1.18. The fourth-order valence-electron chi connectivity index (χ4n) is 1.79. The second-order valence-corrected chi connectivity index (χ2v) is 7.70. The van der Waals surface area contributed by atoms with E-state index in [1.54, 1.807) is 0 Å². The Kier molecular flexibility index (Phi) is 5.71. The molecule has 1 rings (SSSR count). The molecule has 4 heteroatoms. The van der Waals surface area contributed by atoms with Gasteiger partial charge >= 0.3 is 0 Å². The van der Waals surface area contributed by atoms with Gasteiger partial charge in [-0.15, -0.1) is 0 Å². The van der Waals surface area contributed by atoms with E-state index in [0.29, 0.717) is 0 Å². The molecule has 1 aromatic carbocycles. The number of aliphatic hydroxyl groups excluding tert-OH is 2. The summed E-state index contributed by atoms with van der Waals surface area (Å²) in [7, 11) is -1.18. The first-order valence-electron chi connectivity index (χ1n) is 6.52. The van der Waals surface area contributed by atoms with Crippen LogP contribution >= 0.6 is 0 Å². The lowest BCUT2D eigenvalue weighted by atomic mass is 9.86. The Morgan fingerprint density at radius 1 is 1.21 bits per heavy atom. The summed E-state index contributed by atoms with van der Waals surface area (Å²) in [5.41, 5.74) is 2.34. The predicted octanol–water partition coefficient (Wildman–Crippen LogP) is 2.15. The monoisotopic (exact) mass is 284 g/mol. The maximum atomic E-state index is 12.0. The highest BCUT2D eigenvalue weighted by atomic mass is 32.2. The molecule has 1 aromatic rings. The molecule has 0 saturated heterocycles. The highest BCUT2D eigenvalue weighted by Crippen LogP contribution is 2.26. The van der Waals surface area contributed by atoms with Crippen molar-refractivity contribution in [3.8, 4) is 0 Å². The van der Waals surface area contributed by atoms with Crippen molar-refractivity contribution in [3.05, 3.63) is 35.4 Å². The zero-order chi connectivity index (χ0) is 14.6. The SMILES string of the molecule is C[C@@H](c1ccc(C(C)(C)C)cc1)[S@](=O)C[C@H](O)CO. The third-order valence-electron chi connectivity index (χ3n) is 3.21. The Bertz CT molecular complexity index is 420. The molecule has 0 bridgehead atoms. The van der Waals surface area contributed by atoms with E-state index in [9.17, 15) is 9.32 Å². The quantitative estimate of drug-likeness (QED) is 0.871. The van der Waals surface area contributed by atoms with E-state index in [-0.39, 0.29) is 23.0 Å². The van der Waals surface area contributed by atoms with E-state index in [1.165, 1.54) is 5.56 Å². The number of benzene rings is 1. The van der Waals surface area contributed by atoms with E-state index in [4.69, 9.17) is 5.11 Å². The highest BCUT2D eigenvalue weighted by molar-refractivity contribution is 7.85. The van der Waals surface area contributed by atoms with Gasteiger partial charge in [0, 0.05) is 10.8 Å². The van der Waals surface area contributed by atoms with Crippen molar-refractivity contribution < 1.29 is 14.4 Å². The fourth-order valence-corrected chi connectivity index (χ4v) is 3.03. The summed E-state index contributed by atoms with van der Waals surface area (Å²) in [4.78, 5) is 0. The standard InChI is InChI=1S/C15H24O3S/c1-11(19(18)10-14(17)9-16)12-5-7-13(8-6-12)15(2,3)4/h5-8,11,14,16-17H,9-10H2,1-4H3/t11-,14+,19+/m0/s1. The van der Waals surface area contributed by atoms with Crippen molar-refractivity contribution in [2.24, 2.45) is 0 Å². The lowest BCUT2D eigenvalue weighted by molar-refractivity contribution is 0.113. The van der Waals surface area contributed by atoms with Crippen LogP contribution in [0.5, 0.6) is 0 Å². The molecule has 0 amide bonds. The van der Waals surface area contributed by atoms with Crippen molar-refractivity contribution in [1.29, 1.82) is 0 Å². The van der Waals surface area contributed by atoms with Gasteiger partial charge in [-0.2, -0.15) is 0 Å². The number of hydrogen-bond acceptors (Lipinski definition) is 3. The first kappa shape index (κ1) is 16.3. The Morgan fingerprint density at radius 3 is 2.16 bits per heavy atom. The van der Waals surface area contributed by atoms with Gasteiger partial charge in [0.2, 0.25) is 0 Å². The van der Waals surface area contributed by atoms with Crippen LogP contribution < -0.4 is 0 Å². The van der Waals surface area contributed by atoms with Gasteiger partial charge in [0.25, 0.3) is 0 Å². The summed E-state index contributed by atoms with van der Waals surface area (Å²) in [6, 6.07) is 8.11. The van der Waals surface area contributed by atoms with Crippen LogP contribution in [0, 0.1) is 0 Å². The molecule has 0 aliphatic carbocycles. The van der Waals surface area contributed by atoms with Gasteiger partial charge in [-0.25, -0.2) is 0 Å². The van der Waals surface area contributed by atoms with E-state index in [2.05, 4.69) is 32.9 Å². The van der Waals surface area contributed by atoms with Gasteiger partial charge in [-0.05, 0) is 23.5 Å². The summed E-state index contributed by atoms with van der Waals surface area (Å²) in [5.74, 6) is 0.110. The van der Waals surface area contributed by atoms with Crippen molar-refractivity contribution in [2.45, 2.75) is 44.5 Å². The van der Waals surface area contributed by atoms with Crippen LogP contribution in [0.1, 0.15) is 44.1 Å². The molecule has 108 valence electrons. The lowest BCUT2D eigenvalue weighted by Gasteiger charge is -2.20. The van der Waals surface area contributed by atoms with Crippen molar-refractivity contribution in [3.63, 3.8) is 0 Å². The zero-order valence-corrected chi connectivity index (χ0v) is 12.9. The van der Waals surface area contributed by atoms with Crippen LogP contribution in [0.15, 0.2) is 24.3 Å². The minimum absolute atomic E-state index is 0.105. The Morgan fingerprint density at radius 2 is 1.74 bits per heavy atom. The molecule has 19 heavy (non-hydrogen) atoms. The molecule has 0 saturated carbocycles. The van der Waals surface area contributed by atoms with Crippen molar-refractivity contribution in [2.75, 3.05) is 12.4 Å². The van der Waals surface area contributed by atoms with Crippen molar-refractivity contribution in [1.82, 2.24) is 0 Å². The normalized spacial score (nSPS) is 16.9. The first-order chi connectivity index (χ1) is 8.75. The molecule has 2 N–H and O–H groups in total. The van der Waals surface area contributed by atoms with Crippen LogP contribution in [-0.4, -0.2) is 32.9 Å². The maximum absolute atomic E-state index is 12.0. The van der Waals surface area contributed by atoms with Crippen molar-refractivity contribution >= 4 is 10.8 Å². The van der Waals surface area contributed by atoms with Crippen LogP contribution in [0.4, 0.5) is 0 Å². The molecule has 0 unspecified atom stereocenters. The predicted molar refractivity (Wildman–Crippen MR) is 79.7 cm³/mol. The molecule has 3 nitrogen and oxygen atoms in total. The number of hydrogen-bond donors (Lipinski definition) is 2. The van der Waals surface area contributed by atoms with Crippen LogP contribution in [0.3, 0.4) is 0 Å². The van der Waals surface area contributed by atoms with E-state index in [0.717, 1.165) is 5.56 Å². The molecule has 0 radical (unpaired) electrons. The average Bonchev–Trinajstić information content (AvgIpc) is 2.36. The molecule has 0 spiro atoms. The van der Waals surface area contributed by atoms with Gasteiger partial charge in [0.15, 0.2) is 0 Å². The maximum Gasteiger partial charge on any atom is 0.0886 e. The van der Waals surface area contributed by atoms with E-state index >= 15 is 0 Å². The Balaban J connectivity index is 2.78. The van der Waals surface area contributed by atoms with Gasteiger partial charge in [0.05, 0.1) is 23.7 Å². The molecule has 0 aliphatic heterocycles. The second-order valence-electron chi connectivity index (χ2n) is 5.90. The molecule has 0 aliphatic rings. The molecule has 0 heterocycles. The van der Waals surface area contributed by atoms with Gasteiger partial charge in [0.1, 0.15) is 0 Å². The Labute approximate surface area is 118 Å². The third-order valence-corrected chi connectivity index (χ3v) is 4.98. The zero-order valence-electron chi connectivity index (χ0n) is 12.1. The minimum Gasteiger partial charge on any atom is -0.394 e. The number of rotatable bonds is 5. The summed E-state index contributed by atoms with van der Waals surface area (Å²) in [5, 5.41) is 18.0. The van der Waals surface area contributed by atoms with Crippen LogP contribution in [-0.2, 0) is 16.2 Å². The lowest BCUT2D eigenvalue weighted by Crippen LogP contribution is -2.22. The topological polar surface area (TPSA) is 57.5 Å². The molecular formula is C15H24O3S. The molecule has 3 atom stereocenters. The first-order valence-corrected chi connectivity index (χ1v) is 7.90. The summed E-state index contributed by atoms with van der Waals surface area (Å²) >= 11 is 0. The second kappa shape index (κ2) is 6.64. The van der Waals surface area contributed by atoms with Gasteiger partial charge < -0.3 is 10.2 Å². The highest BCUT2D eigenvalue weighted by Gasteiger charge is 2.18. The van der Waals surface area contributed by atoms with Crippen LogP contribution in [0.25, 0.3) is 0 Å². The van der Waals surface area contributed by atoms with E-state index < -0.39 is 16.9 Å². The molecule has 0 fully saturated rings. The van der Waals surface area contributed by atoms with Gasteiger partial charge in [-0.1, -0.05) is 45.0 Å². The third kappa shape index (κ3) is 4.71. The average molecular weight is 284 g/mol. The molecular weight excluding hydrogens is 260 g/mol. The van der Waals surface area contributed by atoms with Gasteiger partial charge in [-0.3, -0.25) is 4.21 Å². The smallest absolute Gasteiger partial charge is 0.0886 e. The summed E-state index contributed by atoms with van der Waals surface area (Å²) in [6.07, 6.45) is -0.905. The summed E-state index contributed by atoms with van der Waals surface area (Å²) in [6.45, 7) is 8.00. The molecule has 0 aromatic heterocycles. The van der Waals surface area contributed by atoms with Crippen LogP contribution in [0.2, 0.25) is 0 Å². The number of aliphatic hydroxyl groups is 2.